The molecule has 144 valence electrons. The second-order valence-electron chi connectivity index (χ2n) is 7.25. The highest BCUT2D eigenvalue weighted by molar-refractivity contribution is 5.58. The van der Waals surface area contributed by atoms with Crippen molar-refractivity contribution in [3.05, 3.63) is 63.7 Å². The summed E-state index contributed by atoms with van der Waals surface area (Å²) in [7, 11) is 1.71. The average Bonchev–Trinajstić information content (AvgIpc) is 2.67. The van der Waals surface area contributed by atoms with E-state index in [4.69, 9.17) is 10.5 Å². The number of rotatable bonds is 6. The van der Waals surface area contributed by atoms with Gasteiger partial charge < -0.3 is 15.4 Å². The molecule has 0 aliphatic carbocycles. The highest BCUT2D eigenvalue weighted by Crippen LogP contribution is 2.36. The minimum absolute atomic E-state index is 0.0446. The fourth-order valence-electron chi connectivity index (χ4n) is 3.94. The molecule has 0 spiro atoms. The van der Waals surface area contributed by atoms with Crippen LogP contribution < -0.4 is 15.4 Å². The van der Waals surface area contributed by atoms with E-state index in [-0.39, 0.29) is 16.7 Å². The summed E-state index contributed by atoms with van der Waals surface area (Å²) in [6, 6.07) is 13.3. The fraction of sp³-hybridized carbons (Fsp3) is 0.429. The zero-order valence-corrected chi connectivity index (χ0v) is 15.9. The van der Waals surface area contributed by atoms with Crippen molar-refractivity contribution in [1.29, 1.82) is 0 Å². The lowest BCUT2D eigenvalue weighted by atomic mass is 9.88. The Morgan fingerprint density at radius 2 is 1.96 bits per heavy atom. The Morgan fingerprint density at radius 1 is 1.26 bits per heavy atom. The van der Waals surface area contributed by atoms with Crippen molar-refractivity contribution in [2.75, 3.05) is 25.1 Å². The first-order chi connectivity index (χ1) is 13.0. The number of methoxy groups -OCH3 is 1. The number of piperidine rings is 1. The van der Waals surface area contributed by atoms with Crippen molar-refractivity contribution in [3.63, 3.8) is 0 Å². The van der Waals surface area contributed by atoms with Crippen molar-refractivity contribution in [3.8, 4) is 5.75 Å². The number of hydrogen-bond donors (Lipinski definition) is 1. The van der Waals surface area contributed by atoms with Gasteiger partial charge in [0.1, 0.15) is 5.75 Å². The van der Waals surface area contributed by atoms with Crippen molar-refractivity contribution >= 4 is 11.4 Å². The van der Waals surface area contributed by atoms with Crippen LogP contribution in [0.2, 0.25) is 0 Å². The van der Waals surface area contributed by atoms with Gasteiger partial charge in [-0.3, -0.25) is 10.1 Å². The number of non-ortho nitro benzene ring substituents is 1. The van der Waals surface area contributed by atoms with E-state index in [1.165, 1.54) is 5.56 Å². The van der Waals surface area contributed by atoms with Gasteiger partial charge in [-0.05, 0) is 55.4 Å². The Bertz CT molecular complexity index is 799. The van der Waals surface area contributed by atoms with Gasteiger partial charge in [-0.2, -0.15) is 0 Å². The van der Waals surface area contributed by atoms with Crippen molar-refractivity contribution in [2.45, 2.75) is 38.1 Å². The smallest absolute Gasteiger partial charge is 0.269 e. The molecule has 6 heteroatoms. The third-order valence-electron chi connectivity index (χ3n) is 5.23. The molecule has 0 bridgehead atoms. The third kappa shape index (κ3) is 4.39. The molecular formula is C21H27N3O3. The predicted octanol–water partition coefficient (Wildman–Crippen LogP) is 3.88. The second-order valence-corrected chi connectivity index (χ2v) is 7.25. The zero-order chi connectivity index (χ0) is 19.4. The number of anilines is 1. The number of para-hydroxylation sites is 1. The molecule has 1 atom stereocenters. The summed E-state index contributed by atoms with van der Waals surface area (Å²) in [6.07, 6.45) is 2.67. The first kappa shape index (κ1) is 19.2. The molecule has 0 saturated carbocycles. The van der Waals surface area contributed by atoms with Crippen molar-refractivity contribution in [2.24, 2.45) is 5.73 Å². The van der Waals surface area contributed by atoms with Crippen LogP contribution in [0, 0.1) is 10.1 Å². The van der Waals surface area contributed by atoms with E-state index < -0.39 is 0 Å². The van der Waals surface area contributed by atoms with Crippen LogP contribution in [-0.2, 0) is 6.42 Å². The van der Waals surface area contributed by atoms with Gasteiger partial charge in [0.25, 0.3) is 5.69 Å². The molecule has 2 N–H and O–H groups in total. The molecule has 2 aromatic carbocycles. The molecule has 27 heavy (non-hydrogen) atoms. The van der Waals surface area contributed by atoms with Gasteiger partial charge in [-0.1, -0.05) is 18.2 Å². The summed E-state index contributed by atoms with van der Waals surface area (Å²) < 4.78 is 5.52. The predicted molar refractivity (Wildman–Crippen MR) is 108 cm³/mol. The number of nitrogens with zero attached hydrogens (tertiary/aromatic N) is 2. The first-order valence-corrected chi connectivity index (χ1v) is 9.40. The molecule has 0 radical (unpaired) electrons. The van der Waals surface area contributed by atoms with Crippen LogP contribution in [0.1, 0.15) is 36.8 Å². The van der Waals surface area contributed by atoms with E-state index in [1.54, 1.807) is 19.2 Å². The molecule has 1 aliphatic rings. The summed E-state index contributed by atoms with van der Waals surface area (Å²) in [5.74, 6) is 1.41. The number of benzene rings is 2. The minimum Gasteiger partial charge on any atom is -0.496 e. The normalized spacial score (nSPS) is 16.2. The SMILES string of the molecule is COc1ccccc1C1CCN(c2ccc([N+](=O)[O-])cc2CC(C)N)CC1. The van der Waals surface area contributed by atoms with Gasteiger partial charge in [-0.15, -0.1) is 0 Å². The van der Waals surface area contributed by atoms with Crippen LogP contribution in [0.5, 0.6) is 5.75 Å². The molecule has 3 rings (SSSR count). The molecule has 1 heterocycles. The maximum absolute atomic E-state index is 11.1. The molecule has 1 saturated heterocycles. The summed E-state index contributed by atoms with van der Waals surface area (Å²) >= 11 is 0. The van der Waals surface area contributed by atoms with Crippen LogP contribution in [0.25, 0.3) is 0 Å². The lowest BCUT2D eigenvalue weighted by Gasteiger charge is -2.35. The van der Waals surface area contributed by atoms with E-state index in [1.807, 2.05) is 25.1 Å². The Labute approximate surface area is 160 Å². The Balaban J connectivity index is 1.78. The molecule has 2 aromatic rings. The molecule has 1 unspecified atom stereocenters. The quantitative estimate of drug-likeness (QED) is 0.617. The largest absolute Gasteiger partial charge is 0.496 e. The van der Waals surface area contributed by atoms with Crippen molar-refractivity contribution < 1.29 is 9.66 Å². The minimum atomic E-state index is -0.345. The Morgan fingerprint density at radius 3 is 2.59 bits per heavy atom. The van der Waals surface area contributed by atoms with E-state index in [9.17, 15) is 10.1 Å². The highest BCUT2D eigenvalue weighted by Gasteiger charge is 2.25. The monoisotopic (exact) mass is 369 g/mol. The topological polar surface area (TPSA) is 81.6 Å². The Kier molecular flexibility index (Phi) is 5.96. The standard InChI is InChI=1S/C21H27N3O3/c1-15(22)13-17-14-18(24(25)26)7-8-20(17)23-11-9-16(10-12-23)19-5-3-4-6-21(19)27-2/h3-8,14-16H,9-13,22H2,1-2H3. The molecule has 0 aromatic heterocycles. The van der Waals surface area contributed by atoms with Crippen LogP contribution in [-0.4, -0.2) is 31.2 Å². The Hall–Kier alpha value is -2.60. The van der Waals surface area contributed by atoms with Gasteiger partial charge >= 0.3 is 0 Å². The van der Waals surface area contributed by atoms with Gasteiger partial charge in [0.15, 0.2) is 0 Å². The third-order valence-corrected chi connectivity index (χ3v) is 5.23. The van der Waals surface area contributed by atoms with Crippen LogP contribution in [0.15, 0.2) is 42.5 Å². The number of nitrogens with two attached hydrogens (primary N) is 1. The number of hydrogen-bond acceptors (Lipinski definition) is 5. The zero-order valence-electron chi connectivity index (χ0n) is 15.9. The number of nitro groups is 1. The van der Waals surface area contributed by atoms with Gasteiger partial charge in [0, 0.05) is 37.0 Å². The van der Waals surface area contributed by atoms with Crippen LogP contribution in [0.3, 0.4) is 0 Å². The van der Waals surface area contributed by atoms with Crippen molar-refractivity contribution in [1.82, 2.24) is 0 Å². The number of ether oxygens (including phenoxy) is 1. The van der Waals surface area contributed by atoms with Crippen LogP contribution >= 0.6 is 0 Å². The lowest BCUT2D eigenvalue weighted by molar-refractivity contribution is -0.384. The summed E-state index contributed by atoms with van der Waals surface area (Å²) in [4.78, 5) is 13.1. The maximum Gasteiger partial charge on any atom is 0.269 e. The van der Waals surface area contributed by atoms with Gasteiger partial charge in [0.05, 0.1) is 12.0 Å². The van der Waals surface area contributed by atoms with Crippen LogP contribution in [0.4, 0.5) is 11.4 Å². The van der Waals surface area contributed by atoms with E-state index in [0.29, 0.717) is 12.3 Å². The fourth-order valence-corrected chi connectivity index (χ4v) is 3.94. The molecule has 1 fully saturated rings. The van der Waals surface area contributed by atoms with E-state index >= 15 is 0 Å². The average molecular weight is 369 g/mol. The highest BCUT2D eigenvalue weighted by atomic mass is 16.6. The lowest BCUT2D eigenvalue weighted by Crippen LogP contribution is -2.34. The van der Waals surface area contributed by atoms with Gasteiger partial charge in [-0.25, -0.2) is 0 Å². The first-order valence-electron chi connectivity index (χ1n) is 9.40. The van der Waals surface area contributed by atoms with E-state index in [0.717, 1.165) is 42.9 Å². The molecule has 0 amide bonds. The molecular weight excluding hydrogens is 342 g/mol. The summed E-state index contributed by atoms with van der Waals surface area (Å²) in [5, 5.41) is 11.1. The molecule has 1 aliphatic heterocycles. The summed E-state index contributed by atoms with van der Waals surface area (Å²) in [5.41, 5.74) is 9.38. The van der Waals surface area contributed by atoms with E-state index in [2.05, 4.69) is 17.0 Å². The second kappa shape index (κ2) is 8.39. The number of nitro benzene ring substituents is 1. The maximum atomic E-state index is 11.1. The van der Waals surface area contributed by atoms with Gasteiger partial charge in [0.2, 0.25) is 0 Å². The molecule has 6 nitrogen and oxygen atoms in total. The summed E-state index contributed by atoms with van der Waals surface area (Å²) in [6.45, 7) is 3.75.